The predicted molar refractivity (Wildman–Crippen MR) is 119 cm³/mol. The Kier molecular flexibility index (Phi) is 5.40. The van der Waals surface area contributed by atoms with E-state index in [1.165, 1.54) is 0 Å². The van der Waals surface area contributed by atoms with Crippen LogP contribution in [0, 0.1) is 0 Å². The van der Waals surface area contributed by atoms with Crippen LogP contribution < -0.4 is 24.8 Å². The first-order chi connectivity index (χ1) is 15.8. The van der Waals surface area contributed by atoms with Crippen LogP contribution in [-0.2, 0) is 19.6 Å². The van der Waals surface area contributed by atoms with E-state index in [4.69, 9.17) is 9.47 Å². The summed E-state index contributed by atoms with van der Waals surface area (Å²) in [7, 11) is -2.04. The van der Waals surface area contributed by atoms with E-state index in [1.807, 2.05) is 24.3 Å². The molecule has 2 saturated carbocycles. The number of carbonyl (C=O) groups excluding carboxylic acids is 2. The number of amides is 2. The molecule has 2 atom stereocenters. The Morgan fingerprint density at radius 2 is 2.00 bits per heavy atom. The van der Waals surface area contributed by atoms with E-state index in [-0.39, 0.29) is 12.0 Å². The van der Waals surface area contributed by atoms with Crippen LogP contribution in [0.2, 0.25) is 0 Å². The summed E-state index contributed by atoms with van der Waals surface area (Å²) in [6.07, 6.45) is 3.75. The molecule has 10 nitrogen and oxygen atoms in total. The minimum Gasteiger partial charge on any atom is -0.497 e. The number of methoxy groups -OCH3 is 1. The third-order valence-electron chi connectivity index (χ3n) is 6.37. The van der Waals surface area contributed by atoms with Crippen molar-refractivity contribution in [2.75, 3.05) is 13.7 Å². The van der Waals surface area contributed by atoms with Crippen LogP contribution in [0.4, 0.5) is 0 Å². The molecule has 1 aromatic heterocycles. The lowest BCUT2D eigenvalue weighted by Crippen LogP contribution is -2.54. The maximum Gasteiger partial charge on any atom is 0.259 e. The van der Waals surface area contributed by atoms with Gasteiger partial charge in [-0.1, -0.05) is 0 Å². The summed E-state index contributed by atoms with van der Waals surface area (Å²) in [4.78, 5) is 29.7. The molecule has 2 aliphatic carbocycles. The normalized spacial score (nSPS) is 23.7. The monoisotopic (exact) mass is 474 g/mol. The summed E-state index contributed by atoms with van der Waals surface area (Å²) < 4.78 is 37.6. The van der Waals surface area contributed by atoms with E-state index >= 15 is 0 Å². The molecule has 2 amide bonds. The molecule has 1 aliphatic heterocycles. The second kappa shape index (κ2) is 8.14. The third-order valence-corrected chi connectivity index (χ3v) is 8.18. The van der Waals surface area contributed by atoms with E-state index in [0.717, 1.165) is 16.5 Å². The first-order valence-corrected chi connectivity index (χ1v) is 12.6. The van der Waals surface area contributed by atoms with Gasteiger partial charge in [0.05, 0.1) is 18.4 Å². The topological polar surface area (TPSA) is 136 Å². The number of aromatic nitrogens is 1. The number of ether oxygens (including phenoxy) is 2. The van der Waals surface area contributed by atoms with E-state index < -0.39 is 32.8 Å². The summed E-state index contributed by atoms with van der Waals surface area (Å²) in [5.41, 5.74) is -1.14. The first kappa shape index (κ1) is 21.9. The number of pyridine rings is 1. The molecule has 1 aromatic carbocycles. The van der Waals surface area contributed by atoms with Crippen molar-refractivity contribution in [3.63, 3.8) is 0 Å². The van der Waals surface area contributed by atoms with Crippen LogP contribution in [0.15, 0.2) is 30.5 Å². The molecule has 3 aliphatic rings. The molecule has 0 unspecified atom stereocenters. The van der Waals surface area contributed by atoms with Gasteiger partial charge in [0.25, 0.3) is 5.91 Å². The van der Waals surface area contributed by atoms with E-state index in [0.29, 0.717) is 44.5 Å². The molecule has 11 heteroatoms. The maximum absolute atomic E-state index is 12.8. The molecular weight excluding hydrogens is 448 g/mol. The van der Waals surface area contributed by atoms with Crippen molar-refractivity contribution in [3.05, 3.63) is 30.5 Å². The van der Waals surface area contributed by atoms with E-state index in [1.54, 1.807) is 13.3 Å². The van der Waals surface area contributed by atoms with Crippen molar-refractivity contribution in [1.82, 2.24) is 20.3 Å². The first-order valence-electron chi connectivity index (χ1n) is 11.0. The van der Waals surface area contributed by atoms with Crippen LogP contribution >= 0.6 is 0 Å². The minimum atomic E-state index is -3.65. The van der Waals surface area contributed by atoms with Gasteiger partial charge in [0.1, 0.15) is 17.4 Å². The number of hydrogen-bond acceptors (Lipinski definition) is 8. The van der Waals surface area contributed by atoms with Gasteiger partial charge in [-0.2, -0.15) is 0 Å². The Hall–Kier alpha value is -2.92. The SMILES string of the molecule is COc1ccc2c(O[C@H]3CN[C@H](C(=O)NC4(C(=O)NS(=O)(=O)C5CC5)CC4)C3)nccc2c1. The lowest BCUT2D eigenvalue weighted by Gasteiger charge is -2.20. The Balaban J connectivity index is 1.20. The number of rotatable bonds is 8. The molecule has 2 heterocycles. The van der Waals surface area contributed by atoms with Crippen LogP contribution in [0.1, 0.15) is 32.1 Å². The van der Waals surface area contributed by atoms with Gasteiger partial charge in [0, 0.05) is 24.5 Å². The number of nitrogens with one attached hydrogen (secondary N) is 3. The van der Waals surface area contributed by atoms with Gasteiger partial charge in [-0.05, 0) is 55.3 Å². The molecule has 176 valence electrons. The Bertz CT molecular complexity index is 1210. The molecule has 1 saturated heterocycles. The number of hydrogen-bond donors (Lipinski definition) is 3. The highest BCUT2D eigenvalue weighted by Crippen LogP contribution is 2.37. The predicted octanol–water partition coefficient (Wildman–Crippen LogP) is 0.610. The molecule has 33 heavy (non-hydrogen) atoms. The molecule has 3 fully saturated rings. The summed E-state index contributed by atoms with van der Waals surface area (Å²) >= 11 is 0. The molecule has 2 aromatic rings. The van der Waals surface area contributed by atoms with Crippen LogP contribution in [0.5, 0.6) is 11.6 Å². The smallest absolute Gasteiger partial charge is 0.259 e. The average Bonchev–Trinajstić information content (AvgIpc) is 3.72. The maximum atomic E-state index is 12.8. The van der Waals surface area contributed by atoms with Crippen molar-refractivity contribution in [1.29, 1.82) is 0 Å². The highest BCUT2D eigenvalue weighted by Gasteiger charge is 2.54. The lowest BCUT2D eigenvalue weighted by atomic mass is 10.1. The van der Waals surface area contributed by atoms with Crippen molar-refractivity contribution in [3.8, 4) is 11.6 Å². The van der Waals surface area contributed by atoms with Crippen molar-refractivity contribution in [2.45, 2.75) is 55.0 Å². The number of nitrogens with zero attached hydrogens (tertiary/aromatic N) is 1. The average molecular weight is 475 g/mol. The van der Waals surface area contributed by atoms with Crippen LogP contribution in [0.3, 0.4) is 0 Å². The summed E-state index contributed by atoms with van der Waals surface area (Å²) in [6.45, 7) is 0.446. The molecule has 0 spiro atoms. The third kappa shape index (κ3) is 4.47. The number of benzene rings is 1. The second-order valence-corrected chi connectivity index (χ2v) is 10.8. The highest BCUT2D eigenvalue weighted by atomic mass is 32.2. The van der Waals surface area contributed by atoms with Gasteiger partial charge < -0.3 is 20.1 Å². The van der Waals surface area contributed by atoms with Crippen LogP contribution in [-0.4, -0.2) is 61.8 Å². The van der Waals surface area contributed by atoms with E-state index in [2.05, 4.69) is 20.3 Å². The highest BCUT2D eigenvalue weighted by molar-refractivity contribution is 7.91. The fraction of sp³-hybridized carbons (Fsp3) is 0.500. The standard InChI is InChI=1S/C22H26N4O6S/c1-31-14-2-5-17-13(10-14)6-9-23-20(17)32-15-11-18(24-12-15)19(27)25-22(7-8-22)21(28)26-33(29,30)16-3-4-16/h2,5-6,9-10,15-16,18,24H,3-4,7-8,11-12H2,1H3,(H,25,27)(H,26,28)/t15-,18+/m1/s1. The minimum absolute atomic E-state index is 0.278. The quantitative estimate of drug-likeness (QED) is 0.506. The zero-order valence-corrected chi connectivity index (χ0v) is 19.0. The van der Waals surface area contributed by atoms with Gasteiger partial charge in [0.15, 0.2) is 0 Å². The van der Waals surface area contributed by atoms with Gasteiger partial charge >= 0.3 is 0 Å². The number of sulfonamides is 1. The summed E-state index contributed by atoms with van der Waals surface area (Å²) in [5.74, 6) is 0.227. The van der Waals surface area contributed by atoms with Crippen molar-refractivity contribution >= 4 is 32.6 Å². The summed E-state index contributed by atoms with van der Waals surface area (Å²) in [6, 6.07) is 6.95. The van der Waals surface area contributed by atoms with Gasteiger partial charge in [0.2, 0.25) is 21.8 Å². The van der Waals surface area contributed by atoms with Gasteiger partial charge in [-0.25, -0.2) is 13.4 Å². The Morgan fingerprint density at radius 1 is 1.21 bits per heavy atom. The Labute approximate surface area is 191 Å². The largest absolute Gasteiger partial charge is 0.497 e. The van der Waals surface area contributed by atoms with E-state index in [9.17, 15) is 18.0 Å². The zero-order chi connectivity index (χ0) is 23.2. The molecule has 5 rings (SSSR count). The van der Waals surface area contributed by atoms with Gasteiger partial charge in [-0.3, -0.25) is 14.3 Å². The van der Waals surface area contributed by atoms with Gasteiger partial charge in [-0.15, -0.1) is 0 Å². The molecule has 0 bridgehead atoms. The van der Waals surface area contributed by atoms with Crippen molar-refractivity contribution < 1.29 is 27.5 Å². The number of carbonyl (C=O) groups is 2. The van der Waals surface area contributed by atoms with Crippen molar-refractivity contribution in [2.24, 2.45) is 0 Å². The fourth-order valence-electron chi connectivity index (χ4n) is 4.05. The second-order valence-electron chi connectivity index (χ2n) is 8.89. The molecule has 3 N–H and O–H groups in total. The zero-order valence-electron chi connectivity index (χ0n) is 18.2. The molecular formula is C22H26N4O6S. The lowest BCUT2D eigenvalue weighted by molar-refractivity contribution is -0.130. The van der Waals surface area contributed by atoms with Crippen LogP contribution in [0.25, 0.3) is 10.8 Å². The Morgan fingerprint density at radius 3 is 2.70 bits per heavy atom. The molecule has 0 radical (unpaired) electrons. The number of fused-ring (bicyclic) bond motifs is 1. The fourth-order valence-corrected chi connectivity index (χ4v) is 5.42. The summed E-state index contributed by atoms with van der Waals surface area (Å²) in [5, 5.41) is 7.16.